The molecule has 0 saturated carbocycles. The number of fused-ring (bicyclic) bond motifs is 2. The van der Waals surface area contributed by atoms with E-state index in [2.05, 4.69) is 56.6 Å². The van der Waals surface area contributed by atoms with E-state index in [4.69, 9.17) is 18.8 Å². The van der Waals surface area contributed by atoms with Gasteiger partial charge in [-0.2, -0.15) is 4.98 Å². The van der Waals surface area contributed by atoms with Crippen molar-refractivity contribution >= 4 is 74.6 Å². The Hall–Kier alpha value is -4.77. The molecule has 2 saturated heterocycles. The molecular formula is C40H45BrFN10O5P. The SMILES string of the molecule is COc1cc(N2CCN(Cc3cc4c(cc3F)C(=O)N(C3CCCNC3)C4)CC2)c(C)cc1Nc1ncc(Br)c(Nc2ccc3nccnc3c2P(=O)(OC)OC)n1. The highest BCUT2D eigenvalue weighted by atomic mass is 79.9. The first kappa shape index (κ1) is 40.0. The molecule has 1 atom stereocenters. The zero-order valence-electron chi connectivity index (χ0n) is 32.7. The summed E-state index contributed by atoms with van der Waals surface area (Å²) in [6.07, 6.45) is 6.68. The van der Waals surface area contributed by atoms with Crippen molar-refractivity contribution in [3.63, 3.8) is 0 Å². The topological polar surface area (TPSA) is 159 Å². The number of benzene rings is 3. The van der Waals surface area contributed by atoms with Gasteiger partial charge in [0.1, 0.15) is 28.2 Å². The lowest BCUT2D eigenvalue weighted by Gasteiger charge is -2.37. The number of hydrogen-bond acceptors (Lipinski definition) is 14. The largest absolute Gasteiger partial charge is 0.494 e. The third-order valence-electron chi connectivity index (χ3n) is 11.1. The Labute approximate surface area is 344 Å². The number of ether oxygens (including phenoxy) is 1. The summed E-state index contributed by atoms with van der Waals surface area (Å²) in [6, 6.07) is 11.0. The number of halogens is 2. The van der Waals surface area contributed by atoms with Gasteiger partial charge in [0.15, 0.2) is 0 Å². The molecule has 3 N–H and O–H groups in total. The molecule has 2 fully saturated rings. The summed E-state index contributed by atoms with van der Waals surface area (Å²) < 4.78 is 46.3. The van der Waals surface area contributed by atoms with Crippen molar-refractivity contribution in [3.05, 3.63) is 87.5 Å². The van der Waals surface area contributed by atoms with Crippen LogP contribution < -0.4 is 30.9 Å². The third kappa shape index (κ3) is 7.86. The van der Waals surface area contributed by atoms with E-state index in [1.165, 1.54) is 26.5 Å². The van der Waals surface area contributed by atoms with Crippen LogP contribution >= 0.6 is 23.5 Å². The van der Waals surface area contributed by atoms with E-state index in [0.29, 0.717) is 62.7 Å². The first-order chi connectivity index (χ1) is 28.1. The highest BCUT2D eigenvalue weighted by molar-refractivity contribution is 9.10. The van der Waals surface area contributed by atoms with Crippen LogP contribution in [0, 0.1) is 12.7 Å². The molecule has 5 aromatic rings. The summed E-state index contributed by atoms with van der Waals surface area (Å²) in [5.74, 6) is 0.893. The summed E-state index contributed by atoms with van der Waals surface area (Å²) in [6.45, 7) is 7.80. The molecule has 0 radical (unpaired) electrons. The van der Waals surface area contributed by atoms with Gasteiger partial charge in [-0.15, -0.1) is 0 Å². The summed E-state index contributed by atoms with van der Waals surface area (Å²) >= 11 is 3.54. The number of nitrogens with one attached hydrogen (secondary N) is 3. The lowest BCUT2D eigenvalue weighted by molar-refractivity contribution is 0.0674. The van der Waals surface area contributed by atoms with Crippen LogP contribution in [0.2, 0.25) is 0 Å². The number of piperazine rings is 1. The highest BCUT2D eigenvalue weighted by Gasteiger charge is 2.35. The number of aromatic nitrogens is 4. The molecule has 0 aliphatic carbocycles. The van der Waals surface area contributed by atoms with Crippen LogP contribution in [0.4, 0.5) is 33.2 Å². The van der Waals surface area contributed by atoms with Crippen LogP contribution in [0.1, 0.15) is 39.9 Å². The molecule has 3 aromatic carbocycles. The van der Waals surface area contributed by atoms with Crippen molar-refractivity contribution in [2.75, 3.05) is 76.1 Å². The number of methoxy groups -OCH3 is 1. The molecular weight excluding hydrogens is 830 g/mol. The van der Waals surface area contributed by atoms with Crippen molar-refractivity contribution in [3.8, 4) is 5.75 Å². The molecule has 1 unspecified atom stereocenters. The Morgan fingerprint density at radius 2 is 1.79 bits per heavy atom. The van der Waals surface area contributed by atoms with Crippen LogP contribution in [0.15, 0.2) is 59.5 Å². The Morgan fingerprint density at radius 3 is 2.53 bits per heavy atom. The fourth-order valence-electron chi connectivity index (χ4n) is 8.02. The van der Waals surface area contributed by atoms with Gasteiger partial charge in [-0.05, 0) is 83.7 Å². The zero-order valence-corrected chi connectivity index (χ0v) is 35.2. The lowest BCUT2D eigenvalue weighted by Crippen LogP contribution is -2.46. The average molecular weight is 876 g/mol. The van der Waals surface area contributed by atoms with E-state index in [1.54, 1.807) is 31.6 Å². The fraction of sp³-hybridized carbons (Fsp3) is 0.375. The number of piperidine rings is 1. The van der Waals surface area contributed by atoms with E-state index in [9.17, 15) is 9.36 Å². The highest BCUT2D eigenvalue weighted by Crippen LogP contribution is 2.49. The molecule has 304 valence electrons. The van der Waals surface area contributed by atoms with Gasteiger partial charge >= 0.3 is 7.60 Å². The van der Waals surface area contributed by atoms with Gasteiger partial charge in [0.25, 0.3) is 5.91 Å². The van der Waals surface area contributed by atoms with E-state index in [1.807, 2.05) is 30.0 Å². The van der Waals surface area contributed by atoms with E-state index in [-0.39, 0.29) is 29.0 Å². The van der Waals surface area contributed by atoms with E-state index in [0.717, 1.165) is 68.9 Å². The standard InChI is InChI=1S/C40H45BrFN10O5P/c1-24-16-33(48-40-46-21-29(41)38(49-40)47-32-8-7-31-36(45-11-10-44-31)37(32)58(54,56-3)57-4)35(55-2)19-34(24)51-14-12-50(13-15-51)22-26-17-25-23-52(27-6-5-9-43-20-27)39(53)28(25)18-30(26)42/h7-8,10-11,16-19,21,27,43H,5-6,9,12-15,20,22-23H2,1-4H3,(H2,46,47,48,49). The van der Waals surface area contributed by atoms with Crippen LogP contribution in [0.5, 0.6) is 5.75 Å². The Bertz CT molecular complexity index is 2400. The molecule has 8 rings (SSSR count). The maximum atomic E-state index is 15.4. The molecule has 2 aromatic heterocycles. The number of carbonyl (C=O) groups excluding carboxylic acids is 1. The van der Waals surface area contributed by atoms with Gasteiger partial charge in [-0.3, -0.25) is 24.2 Å². The fourth-order valence-corrected chi connectivity index (χ4v) is 9.68. The lowest BCUT2D eigenvalue weighted by atomic mass is 10.0. The van der Waals surface area contributed by atoms with Crippen LogP contribution in [0.3, 0.4) is 0 Å². The Balaban J connectivity index is 0.950. The second kappa shape index (κ2) is 16.8. The number of carbonyl (C=O) groups is 1. The average Bonchev–Trinajstić information content (AvgIpc) is 3.56. The first-order valence-electron chi connectivity index (χ1n) is 19.1. The maximum absolute atomic E-state index is 15.4. The quantitative estimate of drug-likeness (QED) is 0.121. The van der Waals surface area contributed by atoms with Gasteiger partial charge in [-0.1, -0.05) is 0 Å². The first-order valence-corrected chi connectivity index (χ1v) is 21.4. The Morgan fingerprint density at radius 1 is 1.00 bits per heavy atom. The third-order valence-corrected chi connectivity index (χ3v) is 13.6. The molecule has 15 nitrogen and oxygen atoms in total. The van der Waals surface area contributed by atoms with Gasteiger partial charge in [0.2, 0.25) is 5.95 Å². The maximum Gasteiger partial charge on any atom is 0.365 e. The van der Waals surface area contributed by atoms with Gasteiger partial charge in [0.05, 0.1) is 28.5 Å². The molecule has 58 heavy (non-hydrogen) atoms. The smallest absolute Gasteiger partial charge is 0.365 e. The van der Waals surface area contributed by atoms with Gasteiger partial charge < -0.3 is 39.5 Å². The van der Waals surface area contributed by atoms with Crippen molar-refractivity contribution < 1.29 is 27.5 Å². The molecule has 1 amide bonds. The number of rotatable bonds is 12. The second-order valence-corrected chi connectivity index (χ2v) is 17.6. The summed E-state index contributed by atoms with van der Waals surface area (Å²) in [7, 11) is 0.461. The molecule has 0 spiro atoms. The summed E-state index contributed by atoms with van der Waals surface area (Å²) in [5.41, 5.74) is 6.08. The molecule has 0 bridgehead atoms. The van der Waals surface area contributed by atoms with Crippen molar-refractivity contribution in [1.82, 2.24) is 35.1 Å². The van der Waals surface area contributed by atoms with Crippen molar-refractivity contribution in [1.29, 1.82) is 0 Å². The van der Waals surface area contributed by atoms with Crippen LogP contribution in [0.25, 0.3) is 11.0 Å². The molecule has 3 aliphatic rings. The molecule has 5 heterocycles. The van der Waals surface area contributed by atoms with Crippen LogP contribution in [-0.4, -0.2) is 102 Å². The minimum Gasteiger partial charge on any atom is -0.494 e. The number of hydrogen-bond donors (Lipinski definition) is 3. The summed E-state index contributed by atoms with van der Waals surface area (Å²) in [5, 5.41) is 10.2. The number of nitrogens with zero attached hydrogens (tertiary/aromatic N) is 7. The normalized spacial score (nSPS) is 17.5. The number of aryl methyl sites for hydroxylation is 1. The van der Waals surface area contributed by atoms with E-state index < -0.39 is 7.60 Å². The number of anilines is 5. The predicted molar refractivity (Wildman–Crippen MR) is 224 cm³/mol. The van der Waals surface area contributed by atoms with Crippen molar-refractivity contribution in [2.24, 2.45) is 0 Å². The second-order valence-electron chi connectivity index (χ2n) is 14.5. The Kier molecular flexibility index (Phi) is 11.6. The van der Waals surface area contributed by atoms with Crippen molar-refractivity contribution in [2.45, 2.75) is 38.9 Å². The van der Waals surface area contributed by atoms with E-state index >= 15 is 4.39 Å². The number of amides is 1. The van der Waals surface area contributed by atoms with Gasteiger partial charge in [0, 0.05) is 108 Å². The minimum absolute atomic E-state index is 0.0629. The van der Waals surface area contributed by atoms with Crippen LogP contribution in [-0.2, 0) is 26.7 Å². The molecule has 3 aliphatic heterocycles. The molecule has 18 heteroatoms. The monoisotopic (exact) mass is 874 g/mol. The zero-order chi connectivity index (χ0) is 40.6. The van der Waals surface area contributed by atoms with Gasteiger partial charge in [-0.25, -0.2) is 9.37 Å². The minimum atomic E-state index is -3.79. The summed E-state index contributed by atoms with van der Waals surface area (Å²) in [4.78, 5) is 37.6. The predicted octanol–water partition coefficient (Wildman–Crippen LogP) is 6.27.